The molecule has 1 saturated heterocycles. The van der Waals surface area contributed by atoms with Crippen LogP contribution in [0.3, 0.4) is 0 Å². The second-order valence-electron chi connectivity index (χ2n) is 4.57. The lowest BCUT2D eigenvalue weighted by Crippen LogP contribution is -2.42. The van der Waals surface area contributed by atoms with Gasteiger partial charge in [-0.25, -0.2) is 0 Å². The van der Waals surface area contributed by atoms with Gasteiger partial charge < -0.3 is 15.0 Å². The predicted molar refractivity (Wildman–Crippen MR) is 59.6 cm³/mol. The highest BCUT2D eigenvalue weighted by atomic mass is 16.5. The van der Waals surface area contributed by atoms with Crippen LogP contribution in [0.15, 0.2) is 0 Å². The Bertz CT molecular complexity index is 142. The molecule has 1 N–H and O–H groups in total. The Labute approximate surface area is 87.8 Å². The molecule has 0 aliphatic carbocycles. The zero-order chi connectivity index (χ0) is 10.4. The van der Waals surface area contributed by atoms with Gasteiger partial charge in [0.05, 0.1) is 0 Å². The van der Waals surface area contributed by atoms with E-state index in [1.165, 1.54) is 12.8 Å². The Hall–Kier alpha value is -0.120. The van der Waals surface area contributed by atoms with E-state index in [0.29, 0.717) is 12.1 Å². The number of rotatable bonds is 4. The van der Waals surface area contributed by atoms with Crippen molar-refractivity contribution in [3.8, 4) is 0 Å². The Kier molecular flexibility index (Phi) is 5.45. The van der Waals surface area contributed by atoms with E-state index in [-0.39, 0.29) is 0 Å². The third-order valence-corrected chi connectivity index (χ3v) is 2.61. The standard InChI is InChI=1S/C11H24N2O/c1-10(9-13(2)3)12-11-5-4-7-14-8-6-11/h10-12H,4-9H2,1-3H3. The van der Waals surface area contributed by atoms with Gasteiger partial charge in [-0.3, -0.25) is 0 Å². The molecule has 0 bridgehead atoms. The van der Waals surface area contributed by atoms with Gasteiger partial charge >= 0.3 is 0 Å². The van der Waals surface area contributed by atoms with Crippen molar-refractivity contribution in [2.75, 3.05) is 33.9 Å². The van der Waals surface area contributed by atoms with E-state index in [0.717, 1.165) is 26.2 Å². The molecular weight excluding hydrogens is 176 g/mol. The lowest BCUT2D eigenvalue weighted by Gasteiger charge is -2.24. The summed E-state index contributed by atoms with van der Waals surface area (Å²) >= 11 is 0. The fourth-order valence-corrected chi connectivity index (χ4v) is 2.07. The molecule has 0 spiro atoms. The summed E-state index contributed by atoms with van der Waals surface area (Å²) in [5.41, 5.74) is 0. The van der Waals surface area contributed by atoms with Gasteiger partial charge in [0.15, 0.2) is 0 Å². The summed E-state index contributed by atoms with van der Waals surface area (Å²) in [6, 6.07) is 1.24. The van der Waals surface area contributed by atoms with Crippen LogP contribution in [-0.2, 0) is 4.74 Å². The van der Waals surface area contributed by atoms with Crippen LogP contribution in [0.25, 0.3) is 0 Å². The average Bonchev–Trinajstić information content (AvgIpc) is 2.31. The Morgan fingerprint density at radius 2 is 2.14 bits per heavy atom. The molecule has 14 heavy (non-hydrogen) atoms. The van der Waals surface area contributed by atoms with Gasteiger partial charge in [0, 0.05) is 31.8 Å². The maximum atomic E-state index is 5.44. The number of hydrogen-bond acceptors (Lipinski definition) is 3. The normalized spacial score (nSPS) is 26.1. The maximum Gasteiger partial charge on any atom is 0.0480 e. The summed E-state index contributed by atoms with van der Waals surface area (Å²) in [7, 11) is 4.24. The van der Waals surface area contributed by atoms with Gasteiger partial charge in [0.25, 0.3) is 0 Å². The molecule has 0 amide bonds. The molecule has 0 aromatic heterocycles. The molecule has 1 fully saturated rings. The average molecular weight is 200 g/mol. The molecule has 84 valence electrons. The van der Waals surface area contributed by atoms with Gasteiger partial charge in [0.1, 0.15) is 0 Å². The summed E-state index contributed by atoms with van der Waals surface area (Å²) in [6.45, 7) is 5.23. The lowest BCUT2D eigenvalue weighted by atomic mass is 10.1. The minimum atomic E-state index is 0.577. The van der Waals surface area contributed by atoms with Crippen molar-refractivity contribution in [3.63, 3.8) is 0 Å². The predicted octanol–water partition coefficient (Wildman–Crippen LogP) is 1.10. The summed E-state index contributed by atoms with van der Waals surface area (Å²) in [4.78, 5) is 2.23. The second kappa shape index (κ2) is 6.38. The molecule has 3 heteroatoms. The first kappa shape index (κ1) is 12.0. The van der Waals surface area contributed by atoms with Crippen molar-refractivity contribution >= 4 is 0 Å². The first-order valence-electron chi connectivity index (χ1n) is 5.67. The van der Waals surface area contributed by atoms with Crippen LogP contribution in [0.4, 0.5) is 0 Å². The fourth-order valence-electron chi connectivity index (χ4n) is 2.07. The molecule has 3 nitrogen and oxygen atoms in total. The maximum absolute atomic E-state index is 5.44. The summed E-state index contributed by atoms with van der Waals surface area (Å²) in [5, 5.41) is 3.67. The third-order valence-electron chi connectivity index (χ3n) is 2.61. The smallest absolute Gasteiger partial charge is 0.0480 e. The van der Waals surface area contributed by atoms with Crippen LogP contribution in [-0.4, -0.2) is 50.8 Å². The van der Waals surface area contributed by atoms with Gasteiger partial charge in [-0.2, -0.15) is 0 Å². The van der Waals surface area contributed by atoms with E-state index in [4.69, 9.17) is 4.74 Å². The van der Waals surface area contributed by atoms with Crippen molar-refractivity contribution < 1.29 is 4.74 Å². The lowest BCUT2D eigenvalue weighted by molar-refractivity contribution is 0.142. The Morgan fingerprint density at radius 3 is 2.86 bits per heavy atom. The highest BCUT2D eigenvalue weighted by molar-refractivity contribution is 4.74. The van der Waals surface area contributed by atoms with Crippen LogP contribution in [0.2, 0.25) is 0 Å². The first-order chi connectivity index (χ1) is 6.68. The van der Waals surface area contributed by atoms with Crippen molar-refractivity contribution in [2.45, 2.75) is 38.3 Å². The molecular formula is C11H24N2O. The van der Waals surface area contributed by atoms with Gasteiger partial charge in [0.2, 0.25) is 0 Å². The number of nitrogens with zero attached hydrogens (tertiary/aromatic N) is 1. The van der Waals surface area contributed by atoms with E-state index in [1.807, 2.05) is 0 Å². The quantitative estimate of drug-likeness (QED) is 0.735. The molecule has 0 aromatic carbocycles. The molecule has 1 heterocycles. The summed E-state index contributed by atoms with van der Waals surface area (Å²) < 4.78 is 5.44. The zero-order valence-electron chi connectivity index (χ0n) is 9.75. The van der Waals surface area contributed by atoms with E-state index in [9.17, 15) is 0 Å². The van der Waals surface area contributed by atoms with Gasteiger partial charge in [-0.15, -0.1) is 0 Å². The second-order valence-corrected chi connectivity index (χ2v) is 4.57. The minimum Gasteiger partial charge on any atom is -0.381 e. The highest BCUT2D eigenvalue weighted by Crippen LogP contribution is 2.08. The van der Waals surface area contributed by atoms with E-state index < -0.39 is 0 Å². The van der Waals surface area contributed by atoms with E-state index in [1.54, 1.807) is 0 Å². The molecule has 0 radical (unpaired) electrons. The Morgan fingerprint density at radius 1 is 1.36 bits per heavy atom. The summed E-state index contributed by atoms with van der Waals surface area (Å²) in [6.07, 6.45) is 3.63. The van der Waals surface area contributed by atoms with Crippen molar-refractivity contribution in [3.05, 3.63) is 0 Å². The molecule has 1 rings (SSSR count). The number of ether oxygens (including phenoxy) is 1. The van der Waals surface area contributed by atoms with Crippen molar-refractivity contribution in [1.29, 1.82) is 0 Å². The minimum absolute atomic E-state index is 0.577. The fraction of sp³-hybridized carbons (Fsp3) is 1.00. The van der Waals surface area contributed by atoms with Gasteiger partial charge in [-0.1, -0.05) is 0 Å². The van der Waals surface area contributed by atoms with E-state index >= 15 is 0 Å². The first-order valence-corrected chi connectivity index (χ1v) is 5.67. The molecule has 0 aromatic rings. The number of nitrogens with one attached hydrogen (secondary N) is 1. The number of hydrogen-bond donors (Lipinski definition) is 1. The Balaban J connectivity index is 2.20. The number of likely N-dealkylation sites (N-methyl/N-ethyl adjacent to an activating group) is 1. The van der Waals surface area contributed by atoms with E-state index in [2.05, 4.69) is 31.2 Å². The van der Waals surface area contributed by atoms with Crippen LogP contribution in [0, 0.1) is 0 Å². The largest absolute Gasteiger partial charge is 0.381 e. The topological polar surface area (TPSA) is 24.5 Å². The molecule has 1 aliphatic rings. The zero-order valence-corrected chi connectivity index (χ0v) is 9.75. The van der Waals surface area contributed by atoms with Crippen LogP contribution >= 0.6 is 0 Å². The van der Waals surface area contributed by atoms with Gasteiger partial charge in [-0.05, 0) is 40.3 Å². The molecule has 0 saturated carbocycles. The highest BCUT2D eigenvalue weighted by Gasteiger charge is 2.14. The molecule has 2 unspecified atom stereocenters. The molecule has 2 atom stereocenters. The van der Waals surface area contributed by atoms with Crippen LogP contribution < -0.4 is 5.32 Å². The summed E-state index contributed by atoms with van der Waals surface area (Å²) in [5.74, 6) is 0. The third kappa shape index (κ3) is 4.94. The SMILES string of the molecule is CC(CN(C)C)NC1CCCOCC1. The van der Waals surface area contributed by atoms with Crippen LogP contribution in [0.5, 0.6) is 0 Å². The monoisotopic (exact) mass is 200 g/mol. The molecule has 1 aliphatic heterocycles. The van der Waals surface area contributed by atoms with Crippen molar-refractivity contribution in [1.82, 2.24) is 10.2 Å². The van der Waals surface area contributed by atoms with Crippen molar-refractivity contribution in [2.24, 2.45) is 0 Å². The van der Waals surface area contributed by atoms with Crippen LogP contribution in [0.1, 0.15) is 26.2 Å².